The molecule has 0 spiro atoms. The highest BCUT2D eigenvalue weighted by molar-refractivity contribution is 6.13. The van der Waals surface area contributed by atoms with Crippen molar-refractivity contribution in [1.29, 1.82) is 0 Å². The molecule has 0 saturated carbocycles. The molecule has 5 aromatic carbocycles. The molecule has 1 heteroatoms. The molecule has 0 radical (unpaired) electrons. The smallest absolute Gasteiger partial charge is 0.131 e. The van der Waals surface area contributed by atoms with Gasteiger partial charge in [-0.25, -0.2) is 0 Å². The van der Waals surface area contributed by atoms with Gasteiger partial charge in [0.1, 0.15) is 5.75 Å². The molecule has 0 bridgehead atoms. The molecule has 1 nitrogen and oxygen atoms in total. The van der Waals surface area contributed by atoms with Crippen LogP contribution in [0.15, 0.2) is 115 Å². The van der Waals surface area contributed by atoms with E-state index in [-0.39, 0.29) is 0 Å². The molecule has 5 rings (SSSR count). The monoisotopic (exact) mass is 372 g/mol. The first-order valence-corrected chi connectivity index (χ1v) is 9.78. The molecule has 0 unspecified atom stereocenters. The van der Waals surface area contributed by atoms with E-state index >= 15 is 0 Å². The Morgan fingerprint density at radius 1 is 0.345 bits per heavy atom. The molecule has 0 heterocycles. The zero-order valence-corrected chi connectivity index (χ0v) is 15.9. The summed E-state index contributed by atoms with van der Waals surface area (Å²) in [4.78, 5) is 0. The minimum absolute atomic E-state index is 0.324. The third-order valence-corrected chi connectivity index (χ3v) is 5.38. The second-order valence-electron chi connectivity index (χ2n) is 7.12. The topological polar surface area (TPSA) is 20.2 Å². The number of rotatable bonds is 3. The number of phenolic OH excluding ortho intramolecular Hbond substituents is 1. The average molecular weight is 372 g/mol. The first-order valence-electron chi connectivity index (χ1n) is 9.78. The Labute approximate surface area is 170 Å². The molecular formula is C28H20O. The van der Waals surface area contributed by atoms with Crippen molar-refractivity contribution >= 4 is 10.8 Å². The highest BCUT2D eigenvalue weighted by Crippen LogP contribution is 2.50. The summed E-state index contributed by atoms with van der Waals surface area (Å²) in [7, 11) is 0. The number of hydrogen-bond donors (Lipinski definition) is 1. The maximum atomic E-state index is 11.4. The van der Waals surface area contributed by atoms with Crippen molar-refractivity contribution in [3.8, 4) is 39.1 Å². The van der Waals surface area contributed by atoms with Crippen LogP contribution >= 0.6 is 0 Å². The number of phenols is 1. The molecule has 0 atom stereocenters. The zero-order valence-electron chi connectivity index (χ0n) is 15.9. The summed E-state index contributed by atoms with van der Waals surface area (Å²) in [5.74, 6) is 0.324. The Morgan fingerprint density at radius 2 is 0.724 bits per heavy atom. The van der Waals surface area contributed by atoms with Crippen molar-refractivity contribution in [3.05, 3.63) is 115 Å². The Balaban J connectivity index is 2.02. The molecule has 5 aromatic rings. The fourth-order valence-electron chi connectivity index (χ4n) is 4.10. The van der Waals surface area contributed by atoms with Gasteiger partial charge in [0, 0.05) is 16.5 Å². The summed E-state index contributed by atoms with van der Waals surface area (Å²) in [5, 5.41) is 13.3. The predicted octanol–water partition coefficient (Wildman–Crippen LogP) is 7.55. The van der Waals surface area contributed by atoms with Gasteiger partial charge in [-0.1, -0.05) is 115 Å². The van der Waals surface area contributed by atoms with Gasteiger partial charge in [-0.3, -0.25) is 0 Å². The van der Waals surface area contributed by atoms with Crippen LogP contribution in [-0.4, -0.2) is 5.11 Å². The number of benzene rings is 5. The van der Waals surface area contributed by atoms with Crippen molar-refractivity contribution in [2.75, 3.05) is 0 Å². The van der Waals surface area contributed by atoms with E-state index in [1.165, 1.54) is 0 Å². The lowest BCUT2D eigenvalue weighted by atomic mass is 9.83. The molecule has 0 aliphatic heterocycles. The van der Waals surface area contributed by atoms with Crippen LogP contribution in [0, 0.1) is 0 Å². The summed E-state index contributed by atoms with van der Waals surface area (Å²) in [6.07, 6.45) is 0. The van der Waals surface area contributed by atoms with Crippen LogP contribution < -0.4 is 0 Å². The highest BCUT2D eigenvalue weighted by atomic mass is 16.3. The van der Waals surface area contributed by atoms with E-state index in [1.807, 2.05) is 60.7 Å². The summed E-state index contributed by atoms with van der Waals surface area (Å²) >= 11 is 0. The summed E-state index contributed by atoms with van der Waals surface area (Å²) in [6.45, 7) is 0. The number of hydrogen-bond acceptors (Lipinski definition) is 1. The Hall–Kier alpha value is -3.84. The molecule has 0 saturated heterocycles. The van der Waals surface area contributed by atoms with Gasteiger partial charge in [0.2, 0.25) is 0 Å². The van der Waals surface area contributed by atoms with Crippen LogP contribution in [0.2, 0.25) is 0 Å². The van der Waals surface area contributed by atoms with Crippen LogP contribution in [-0.2, 0) is 0 Å². The second-order valence-corrected chi connectivity index (χ2v) is 7.12. The van der Waals surface area contributed by atoms with Gasteiger partial charge >= 0.3 is 0 Å². The molecular weight excluding hydrogens is 352 g/mol. The SMILES string of the molecule is Oc1c(-c2ccccc2)c(-c2ccccc2)c(-c2ccccc2)c2ccccc12. The summed E-state index contributed by atoms with van der Waals surface area (Å²) < 4.78 is 0. The Bertz CT molecular complexity index is 1270. The van der Waals surface area contributed by atoms with E-state index in [4.69, 9.17) is 0 Å². The van der Waals surface area contributed by atoms with Gasteiger partial charge in [-0.05, 0) is 27.6 Å². The second kappa shape index (κ2) is 7.29. The van der Waals surface area contributed by atoms with E-state index in [2.05, 4.69) is 54.6 Å². The van der Waals surface area contributed by atoms with E-state index in [1.54, 1.807) is 0 Å². The largest absolute Gasteiger partial charge is 0.507 e. The van der Waals surface area contributed by atoms with E-state index < -0.39 is 0 Å². The number of fused-ring (bicyclic) bond motifs is 1. The van der Waals surface area contributed by atoms with Crippen molar-refractivity contribution in [1.82, 2.24) is 0 Å². The molecule has 0 aliphatic rings. The Morgan fingerprint density at radius 3 is 1.24 bits per heavy atom. The fourth-order valence-corrected chi connectivity index (χ4v) is 4.10. The molecule has 1 N–H and O–H groups in total. The van der Waals surface area contributed by atoms with Crippen LogP contribution in [0.4, 0.5) is 0 Å². The van der Waals surface area contributed by atoms with Crippen LogP contribution in [0.1, 0.15) is 0 Å². The molecule has 0 aliphatic carbocycles. The first kappa shape index (κ1) is 17.3. The normalized spacial score (nSPS) is 10.9. The van der Waals surface area contributed by atoms with Crippen molar-refractivity contribution < 1.29 is 5.11 Å². The Kier molecular flexibility index (Phi) is 4.34. The molecule has 0 amide bonds. The maximum Gasteiger partial charge on any atom is 0.131 e. The van der Waals surface area contributed by atoms with Gasteiger partial charge in [-0.15, -0.1) is 0 Å². The van der Waals surface area contributed by atoms with Crippen molar-refractivity contribution in [2.24, 2.45) is 0 Å². The van der Waals surface area contributed by atoms with Gasteiger partial charge in [0.25, 0.3) is 0 Å². The highest BCUT2D eigenvalue weighted by Gasteiger charge is 2.22. The van der Waals surface area contributed by atoms with E-state index in [0.29, 0.717) is 5.75 Å². The zero-order chi connectivity index (χ0) is 19.6. The minimum Gasteiger partial charge on any atom is -0.507 e. The minimum atomic E-state index is 0.324. The first-order chi connectivity index (χ1) is 14.3. The van der Waals surface area contributed by atoms with Crippen molar-refractivity contribution in [3.63, 3.8) is 0 Å². The van der Waals surface area contributed by atoms with Crippen molar-refractivity contribution in [2.45, 2.75) is 0 Å². The predicted molar refractivity (Wildman–Crippen MR) is 122 cm³/mol. The lowest BCUT2D eigenvalue weighted by Gasteiger charge is -2.21. The third kappa shape index (κ3) is 2.97. The lowest BCUT2D eigenvalue weighted by molar-refractivity contribution is 0.484. The van der Waals surface area contributed by atoms with Gasteiger partial charge in [-0.2, -0.15) is 0 Å². The summed E-state index contributed by atoms with van der Waals surface area (Å²) in [5.41, 5.74) is 6.30. The van der Waals surface area contributed by atoms with Crippen LogP contribution in [0.5, 0.6) is 5.75 Å². The van der Waals surface area contributed by atoms with Gasteiger partial charge < -0.3 is 5.11 Å². The molecule has 138 valence electrons. The fraction of sp³-hybridized carbons (Fsp3) is 0. The van der Waals surface area contributed by atoms with Gasteiger partial charge in [0.05, 0.1) is 0 Å². The van der Waals surface area contributed by atoms with E-state index in [9.17, 15) is 5.11 Å². The molecule has 29 heavy (non-hydrogen) atoms. The molecule has 0 fully saturated rings. The van der Waals surface area contributed by atoms with Gasteiger partial charge in [0.15, 0.2) is 0 Å². The third-order valence-electron chi connectivity index (χ3n) is 5.38. The maximum absolute atomic E-state index is 11.4. The van der Waals surface area contributed by atoms with Crippen LogP contribution in [0.3, 0.4) is 0 Å². The lowest BCUT2D eigenvalue weighted by Crippen LogP contribution is -1.94. The number of aromatic hydroxyl groups is 1. The quantitative estimate of drug-likeness (QED) is 0.347. The summed E-state index contributed by atoms with van der Waals surface area (Å²) in [6, 6.07) is 39.0. The van der Waals surface area contributed by atoms with Crippen LogP contribution in [0.25, 0.3) is 44.2 Å². The van der Waals surface area contributed by atoms with E-state index in [0.717, 1.165) is 44.2 Å². The average Bonchev–Trinajstić information content (AvgIpc) is 2.81. The molecule has 0 aromatic heterocycles. The standard InChI is InChI=1S/C28H20O/c29-28-24-19-11-10-18-23(24)25(20-12-4-1-5-13-20)26(21-14-6-2-7-15-21)27(28)22-16-8-3-9-17-22/h1-19,29H.